The third kappa shape index (κ3) is 3.87. The molecule has 1 fully saturated rings. The minimum atomic E-state index is -1.56. The average Bonchev–Trinajstić information content (AvgIpc) is 2.44. The van der Waals surface area contributed by atoms with E-state index in [-0.39, 0.29) is 6.42 Å². The van der Waals surface area contributed by atoms with Crippen molar-refractivity contribution in [3.63, 3.8) is 0 Å². The zero-order valence-corrected chi connectivity index (χ0v) is 10.2. The van der Waals surface area contributed by atoms with Gasteiger partial charge < -0.3 is 15.2 Å². The molecule has 0 aromatic rings. The lowest BCUT2D eigenvalue weighted by Crippen LogP contribution is -2.43. The van der Waals surface area contributed by atoms with Gasteiger partial charge in [-0.2, -0.15) is 0 Å². The van der Waals surface area contributed by atoms with E-state index in [4.69, 9.17) is 9.84 Å². The summed E-state index contributed by atoms with van der Waals surface area (Å²) < 4.78 is 18.6. The molecular formula is C11H18FNO4. The molecular weight excluding hydrogens is 229 g/mol. The van der Waals surface area contributed by atoms with Gasteiger partial charge in [-0.1, -0.05) is 0 Å². The van der Waals surface area contributed by atoms with Crippen LogP contribution in [0, 0.1) is 5.92 Å². The van der Waals surface area contributed by atoms with Gasteiger partial charge in [-0.25, -0.2) is 9.18 Å². The standard InChI is InChI=1S/C11H18FNO4/c1-11(2,3)17-10(16)13-7-5-4-6(8(7)12)9(14)15/h6-8H,4-5H2,1-3H3,(H,13,16)(H,14,15)/t6-,7+,8+/m0/s1. The molecule has 1 saturated carbocycles. The molecule has 6 heteroatoms. The number of hydrogen-bond donors (Lipinski definition) is 2. The molecule has 17 heavy (non-hydrogen) atoms. The van der Waals surface area contributed by atoms with Crippen LogP contribution in [-0.2, 0) is 9.53 Å². The van der Waals surface area contributed by atoms with E-state index in [1.54, 1.807) is 20.8 Å². The van der Waals surface area contributed by atoms with Gasteiger partial charge in [-0.15, -0.1) is 0 Å². The minimum Gasteiger partial charge on any atom is -0.481 e. The van der Waals surface area contributed by atoms with E-state index in [0.717, 1.165) is 0 Å². The number of nitrogens with one attached hydrogen (secondary N) is 1. The number of ether oxygens (including phenoxy) is 1. The largest absolute Gasteiger partial charge is 0.481 e. The average molecular weight is 247 g/mol. The fourth-order valence-corrected chi connectivity index (χ4v) is 1.83. The third-order valence-corrected chi connectivity index (χ3v) is 2.58. The highest BCUT2D eigenvalue weighted by Gasteiger charge is 2.41. The van der Waals surface area contributed by atoms with Gasteiger partial charge >= 0.3 is 12.1 Å². The van der Waals surface area contributed by atoms with Crippen molar-refractivity contribution in [3.05, 3.63) is 0 Å². The first-order valence-corrected chi connectivity index (χ1v) is 5.57. The van der Waals surface area contributed by atoms with Crippen LogP contribution in [0.1, 0.15) is 33.6 Å². The molecule has 2 N–H and O–H groups in total. The number of carbonyl (C=O) groups is 2. The molecule has 0 bridgehead atoms. The van der Waals surface area contributed by atoms with Gasteiger partial charge in [-0.3, -0.25) is 4.79 Å². The monoisotopic (exact) mass is 247 g/mol. The van der Waals surface area contributed by atoms with Gasteiger partial charge in [0.25, 0.3) is 0 Å². The molecule has 1 aliphatic carbocycles. The highest BCUT2D eigenvalue weighted by atomic mass is 19.1. The van der Waals surface area contributed by atoms with E-state index in [1.807, 2.05) is 0 Å². The van der Waals surface area contributed by atoms with Crippen molar-refractivity contribution in [2.24, 2.45) is 5.92 Å². The summed E-state index contributed by atoms with van der Waals surface area (Å²) in [7, 11) is 0. The summed E-state index contributed by atoms with van der Waals surface area (Å²) in [4.78, 5) is 22.1. The Bertz CT molecular complexity index is 313. The van der Waals surface area contributed by atoms with Crippen molar-refractivity contribution in [1.29, 1.82) is 0 Å². The highest BCUT2D eigenvalue weighted by molar-refractivity contribution is 5.72. The van der Waals surface area contributed by atoms with Gasteiger partial charge in [0.15, 0.2) is 0 Å². The van der Waals surface area contributed by atoms with Crippen LogP contribution in [0.3, 0.4) is 0 Å². The number of carboxylic acids is 1. The predicted octanol–water partition coefficient (Wildman–Crippen LogP) is 1.71. The maximum Gasteiger partial charge on any atom is 0.407 e. The molecule has 0 aromatic carbocycles. The first-order valence-electron chi connectivity index (χ1n) is 5.57. The quantitative estimate of drug-likeness (QED) is 0.779. The summed E-state index contributed by atoms with van der Waals surface area (Å²) in [6.07, 6.45) is -1.72. The van der Waals surface area contributed by atoms with Crippen molar-refractivity contribution >= 4 is 12.1 Å². The van der Waals surface area contributed by atoms with Crippen LogP contribution < -0.4 is 5.32 Å². The molecule has 5 nitrogen and oxygen atoms in total. The van der Waals surface area contributed by atoms with Crippen molar-refractivity contribution < 1.29 is 23.8 Å². The van der Waals surface area contributed by atoms with Gasteiger partial charge in [0.2, 0.25) is 0 Å². The number of aliphatic carboxylic acids is 1. The number of rotatable bonds is 2. The topological polar surface area (TPSA) is 75.6 Å². The van der Waals surface area contributed by atoms with Crippen LogP contribution in [0.5, 0.6) is 0 Å². The Labute approximate surface area is 99.3 Å². The Balaban J connectivity index is 2.49. The van der Waals surface area contributed by atoms with E-state index in [1.165, 1.54) is 0 Å². The van der Waals surface area contributed by atoms with E-state index in [9.17, 15) is 14.0 Å². The SMILES string of the molecule is CC(C)(C)OC(=O)N[C@@H]1CC[C@H](C(=O)O)[C@H]1F. The molecule has 0 spiro atoms. The van der Waals surface area contributed by atoms with E-state index in [0.29, 0.717) is 6.42 Å². The molecule has 1 rings (SSSR count). The van der Waals surface area contributed by atoms with Crippen molar-refractivity contribution in [2.75, 3.05) is 0 Å². The summed E-state index contributed by atoms with van der Waals surface area (Å²) in [6, 6.07) is -0.772. The predicted molar refractivity (Wildman–Crippen MR) is 58.4 cm³/mol. The smallest absolute Gasteiger partial charge is 0.407 e. The highest BCUT2D eigenvalue weighted by Crippen LogP contribution is 2.29. The zero-order valence-electron chi connectivity index (χ0n) is 10.2. The zero-order chi connectivity index (χ0) is 13.2. The molecule has 98 valence electrons. The lowest BCUT2D eigenvalue weighted by molar-refractivity contribution is -0.143. The molecule has 0 heterocycles. The number of hydrogen-bond acceptors (Lipinski definition) is 3. The second-order valence-electron chi connectivity index (χ2n) is 5.22. The summed E-state index contributed by atoms with van der Waals surface area (Å²) in [6.45, 7) is 5.11. The number of carboxylic acid groups (broad SMARTS) is 1. The Hall–Kier alpha value is -1.33. The summed E-state index contributed by atoms with van der Waals surface area (Å²) in [5.74, 6) is -2.19. The number of alkyl halides is 1. The van der Waals surface area contributed by atoms with Crippen molar-refractivity contribution in [3.8, 4) is 0 Å². The number of alkyl carbamates (subject to hydrolysis) is 1. The molecule has 0 saturated heterocycles. The normalized spacial score (nSPS) is 28.8. The van der Waals surface area contributed by atoms with Gasteiger partial charge in [-0.05, 0) is 33.6 Å². The third-order valence-electron chi connectivity index (χ3n) is 2.58. The maximum atomic E-state index is 13.6. The van der Waals surface area contributed by atoms with Crippen LogP contribution in [-0.4, -0.2) is 35.0 Å². The summed E-state index contributed by atoms with van der Waals surface area (Å²) in [5, 5.41) is 11.1. The Morgan fingerprint density at radius 1 is 1.35 bits per heavy atom. The fraction of sp³-hybridized carbons (Fsp3) is 0.818. The van der Waals surface area contributed by atoms with Crippen molar-refractivity contribution in [1.82, 2.24) is 5.32 Å². The summed E-state index contributed by atoms with van der Waals surface area (Å²) >= 11 is 0. The summed E-state index contributed by atoms with van der Waals surface area (Å²) in [5.41, 5.74) is -0.652. The van der Waals surface area contributed by atoms with Crippen molar-refractivity contribution in [2.45, 2.75) is 51.4 Å². The van der Waals surface area contributed by atoms with Gasteiger partial charge in [0, 0.05) is 0 Å². The number of carbonyl (C=O) groups excluding carboxylic acids is 1. The van der Waals surface area contributed by atoms with Crippen LogP contribution in [0.2, 0.25) is 0 Å². The van der Waals surface area contributed by atoms with Crippen LogP contribution in [0.25, 0.3) is 0 Å². The molecule has 0 aliphatic heterocycles. The minimum absolute atomic E-state index is 0.233. The molecule has 0 radical (unpaired) electrons. The van der Waals surface area contributed by atoms with Crippen LogP contribution >= 0.6 is 0 Å². The maximum absolute atomic E-state index is 13.6. The number of amides is 1. The van der Waals surface area contributed by atoms with Gasteiger partial charge in [0.1, 0.15) is 11.8 Å². The lowest BCUT2D eigenvalue weighted by Gasteiger charge is -2.22. The first-order chi connectivity index (χ1) is 7.70. The van der Waals surface area contributed by atoms with E-state index < -0.39 is 35.8 Å². The lowest BCUT2D eigenvalue weighted by atomic mass is 10.1. The second-order valence-corrected chi connectivity index (χ2v) is 5.22. The Morgan fingerprint density at radius 2 is 1.94 bits per heavy atom. The first kappa shape index (κ1) is 13.7. The van der Waals surface area contributed by atoms with Gasteiger partial charge in [0.05, 0.1) is 12.0 Å². The fourth-order valence-electron chi connectivity index (χ4n) is 1.83. The van der Waals surface area contributed by atoms with E-state index in [2.05, 4.69) is 5.32 Å². The molecule has 1 amide bonds. The van der Waals surface area contributed by atoms with Crippen LogP contribution in [0.15, 0.2) is 0 Å². The molecule has 0 unspecified atom stereocenters. The Kier molecular flexibility index (Phi) is 3.95. The number of halogens is 1. The van der Waals surface area contributed by atoms with Crippen LogP contribution in [0.4, 0.5) is 9.18 Å². The van der Waals surface area contributed by atoms with E-state index >= 15 is 0 Å². The Morgan fingerprint density at radius 3 is 2.35 bits per heavy atom. The molecule has 3 atom stereocenters. The molecule has 0 aromatic heterocycles. The second kappa shape index (κ2) is 4.89. The molecule has 1 aliphatic rings.